The number of aliphatic hydroxyl groups excluding tert-OH is 1. The zero-order valence-electron chi connectivity index (χ0n) is 5.73. The molecule has 11 heavy (non-hydrogen) atoms. The highest BCUT2D eigenvalue weighted by Crippen LogP contribution is 2.06. The molecule has 1 atom stereocenters. The largest absolute Gasteiger partial charge is 0.392 e. The van der Waals surface area contributed by atoms with Crippen LogP contribution in [-0.4, -0.2) is 13.9 Å². The molecule has 4 heteroatoms. The van der Waals surface area contributed by atoms with Crippen LogP contribution in [0.2, 0.25) is 0 Å². The van der Waals surface area contributed by atoms with Crippen LogP contribution in [0, 0.1) is 0 Å². The standard InChI is InChI=1S/C7H8O3S/c8-5-6-1-3-7(4-2-6)11(9)10/h1-4,8H,5H2,(H,9,10). The molecule has 0 radical (unpaired) electrons. The summed E-state index contributed by atoms with van der Waals surface area (Å²) in [6, 6.07) is 6.26. The van der Waals surface area contributed by atoms with E-state index in [1.165, 1.54) is 12.1 Å². The van der Waals surface area contributed by atoms with Gasteiger partial charge in [0, 0.05) is 0 Å². The van der Waals surface area contributed by atoms with E-state index in [0.717, 1.165) is 5.56 Å². The molecule has 1 aromatic rings. The molecule has 0 aliphatic carbocycles. The van der Waals surface area contributed by atoms with Gasteiger partial charge in [0.1, 0.15) is 0 Å². The molecule has 0 aromatic heterocycles. The number of hydrogen-bond donors (Lipinski definition) is 2. The molecule has 0 saturated carbocycles. The molecule has 1 unspecified atom stereocenters. The normalized spacial score (nSPS) is 12.9. The van der Waals surface area contributed by atoms with Crippen LogP contribution in [0.1, 0.15) is 5.56 Å². The van der Waals surface area contributed by atoms with Crippen molar-refractivity contribution < 1.29 is 13.9 Å². The Morgan fingerprint density at radius 1 is 1.27 bits per heavy atom. The Balaban J connectivity index is 2.91. The van der Waals surface area contributed by atoms with Gasteiger partial charge < -0.3 is 9.66 Å². The lowest BCUT2D eigenvalue weighted by Crippen LogP contribution is -1.88. The molecular formula is C7H8O3S. The van der Waals surface area contributed by atoms with E-state index in [4.69, 9.17) is 9.66 Å². The fraction of sp³-hybridized carbons (Fsp3) is 0.143. The Morgan fingerprint density at radius 2 is 1.82 bits per heavy atom. The lowest BCUT2D eigenvalue weighted by Gasteiger charge is -1.96. The summed E-state index contributed by atoms with van der Waals surface area (Å²) in [5.41, 5.74) is 0.735. The first-order valence-electron chi connectivity index (χ1n) is 3.04. The van der Waals surface area contributed by atoms with E-state index in [2.05, 4.69) is 0 Å². The molecule has 0 bridgehead atoms. The Hall–Kier alpha value is -0.710. The SMILES string of the molecule is O=S(O)c1ccc(CO)cc1. The fourth-order valence-electron chi connectivity index (χ4n) is 0.711. The van der Waals surface area contributed by atoms with Crippen LogP contribution < -0.4 is 0 Å². The summed E-state index contributed by atoms with van der Waals surface area (Å²) < 4.78 is 19.0. The summed E-state index contributed by atoms with van der Waals surface area (Å²) >= 11 is -1.92. The van der Waals surface area contributed by atoms with Crippen LogP contribution in [0.4, 0.5) is 0 Å². The maximum absolute atomic E-state index is 10.4. The van der Waals surface area contributed by atoms with Crippen molar-refractivity contribution in [2.75, 3.05) is 0 Å². The first-order chi connectivity index (χ1) is 5.24. The average molecular weight is 172 g/mol. The van der Waals surface area contributed by atoms with Gasteiger partial charge in [-0.25, -0.2) is 4.21 Å². The summed E-state index contributed by atoms with van der Waals surface area (Å²) in [4.78, 5) is 0.349. The maximum Gasteiger partial charge on any atom is 0.186 e. The minimum Gasteiger partial charge on any atom is -0.392 e. The van der Waals surface area contributed by atoms with Gasteiger partial charge in [0.15, 0.2) is 11.1 Å². The first-order valence-corrected chi connectivity index (χ1v) is 4.15. The van der Waals surface area contributed by atoms with Crippen LogP contribution in [0.15, 0.2) is 29.2 Å². The highest BCUT2D eigenvalue weighted by atomic mass is 32.2. The second kappa shape index (κ2) is 3.61. The van der Waals surface area contributed by atoms with Crippen molar-refractivity contribution in [1.82, 2.24) is 0 Å². The molecule has 0 spiro atoms. The Labute approximate surface area is 67.0 Å². The van der Waals surface area contributed by atoms with E-state index in [-0.39, 0.29) is 6.61 Å². The van der Waals surface area contributed by atoms with Gasteiger partial charge in [-0.05, 0) is 17.7 Å². The number of hydrogen-bond acceptors (Lipinski definition) is 2. The monoisotopic (exact) mass is 172 g/mol. The molecule has 0 heterocycles. The Bertz CT molecular complexity index is 255. The number of rotatable bonds is 2. The zero-order valence-corrected chi connectivity index (χ0v) is 6.54. The molecule has 0 aliphatic rings. The van der Waals surface area contributed by atoms with E-state index in [9.17, 15) is 4.21 Å². The molecule has 3 nitrogen and oxygen atoms in total. The summed E-state index contributed by atoms with van der Waals surface area (Å²) in [6.07, 6.45) is 0. The van der Waals surface area contributed by atoms with Crippen LogP contribution >= 0.6 is 0 Å². The minimum atomic E-state index is -1.92. The smallest absolute Gasteiger partial charge is 0.186 e. The summed E-state index contributed by atoms with van der Waals surface area (Å²) in [5, 5.41) is 8.63. The van der Waals surface area contributed by atoms with Gasteiger partial charge in [-0.15, -0.1) is 0 Å². The third-order valence-corrected chi connectivity index (χ3v) is 1.98. The molecular weight excluding hydrogens is 164 g/mol. The van der Waals surface area contributed by atoms with Gasteiger partial charge >= 0.3 is 0 Å². The fourth-order valence-corrected chi connectivity index (χ4v) is 1.08. The Morgan fingerprint density at radius 3 is 2.18 bits per heavy atom. The summed E-state index contributed by atoms with van der Waals surface area (Å²) in [5.74, 6) is 0. The van der Waals surface area contributed by atoms with Gasteiger partial charge in [0.05, 0.1) is 11.5 Å². The summed E-state index contributed by atoms with van der Waals surface area (Å²) in [7, 11) is 0. The van der Waals surface area contributed by atoms with Gasteiger partial charge in [-0.2, -0.15) is 0 Å². The lowest BCUT2D eigenvalue weighted by atomic mass is 10.2. The summed E-state index contributed by atoms with van der Waals surface area (Å²) in [6.45, 7) is -0.0433. The van der Waals surface area contributed by atoms with Crippen molar-refractivity contribution in [3.63, 3.8) is 0 Å². The van der Waals surface area contributed by atoms with Crippen LogP contribution in [0.5, 0.6) is 0 Å². The molecule has 0 saturated heterocycles. The van der Waals surface area contributed by atoms with Gasteiger partial charge in [0.25, 0.3) is 0 Å². The third kappa shape index (κ3) is 2.11. The van der Waals surface area contributed by atoms with Gasteiger partial charge in [-0.1, -0.05) is 12.1 Å². The molecule has 2 N–H and O–H groups in total. The maximum atomic E-state index is 10.4. The van der Waals surface area contributed by atoms with Crippen molar-refractivity contribution in [3.8, 4) is 0 Å². The zero-order chi connectivity index (χ0) is 8.27. The predicted molar refractivity (Wildman–Crippen MR) is 41.4 cm³/mol. The third-order valence-electron chi connectivity index (χ3n) is 1.31. The van der Waals surface area contributed by atoms with Gasteiger partial charge in [0.2, 0.25) is 0 Å². The quantitative estimate of drug-likeness (QED) is 0.647. The molecule has 0 fully saturated rings. The highest BCUT2D eigenvalue weighted by Gasteiger charge is 1.97. The minimum absolute atomic E-state index is 0.0433. The first kappa shape index (κ1) is 8.39. The average Bonchev–Trinajstić information content (AvgIpc) is 2.05. The van der Waals surface area contributed by atoms with Crippen molar-refractivity contribution in [3.05, 3.63) is 29.8 Å². The topological polar surface area (TPSA) is 57.5 Å². The van der Waals surface area contributed by atoms with Crippen molar-refractivity contribution >= 4 is 11.1 Å². The lowest BCUT2D eigenvalue weighted by molar-refractivity contribution is 0.282. The van der Waals surface area contributed by atoms with E-state index in [1.807, 2.05) is 0 Å². The van der Waals surface area contributed by atoms with Crippen molar-refractivity contribution in [1.29, 1.82) is 0 Å². The predicted octanol–water partition coefficient (Wildman–Crippen LogP) is 0.760. The second-order valence-electron chi connectivity index (χ2n) is 2.05. The molecule has 0 aliphatic heterocycles. The second-order valence-corrected chi connectivity index (χ2v) is 3.02. The van der Waals surface area contributed by atoms with E-state index >= 15 is 0 Å². The highest BCUT2D eigenvalue weighted by molar-refractivity contribution is 7.79. The van der Waals surface area contributed by atoms with Crippen LogP contribution in [-0.2, 0) is 17.7 Å². The van der Waals surface area contributed by atoms with E-state index < -0.39 is 11.1 Å². The molecule has 0 amide bonds. The molecule has 1 aromatic carbocycles. The van der Waals surface area contributed by atoms with E-state index in [1.54, 1.807) is 12.1 Å². The van der Waals surface area contributed by atoms with Crippen LogP contribution in [0.3, 0.4) is 0 Å². The van der Waals surface area contributed by atoms with E-state index in [0.29, 0.717) is 4.90 Å². The Kier molecular flexibility index (Phi) is 2.76. The molecule has 60 valence electrons. The van der Waals surface area contributed by atoms with Crippen molar-refractivity contribution in [2.45, 2.75) is 11.5 Å². The van der Waals surface area contributed by atoms with Crippen molar-refractivity contribution in [2.24, 2.45) is 0 Å². The van der Waals surface area contributed by atoms with Crippen LogP contribution in [0.25, 0.3) is 0 Å². The van der Waals surface area contributed by atoms with Gasteiger partial charge in [-0.3, -0.25) is 0 Å². The number of aliphatic hydroxyl groups is 1. The number of benzene rings is 1. The molecule has 1 rings (SSSR count).